The van der Waals surface area contributed by atoms with Crippen LogP contribution in [0.3, 0.4) is 0 Å². The number of aldehydes is 1. The van der Waals surface area contributed by atoms with Crippen LogP contribution in [-0.4, -0.2) is 32.3 Å². The lowest BCUT2D eigenvalue weighted by Gasteiger charge is -2.10. The molecule has 0 aliphatic rings. The molecule has 0 N–H and O–H groups in total. The highest BCUT2D eigenvalue weighted by atomic mass is 79.9. The highest BCUT2D eigenvalue weighted by Gasteiger charge is 2.27. The van der Waals surface area contributed by atoms with Crippen LogP contribution in [0.4, 0.5) is 13.2 Å². The topological polar surface area (TPSA) is 35.5 Å². The molecule has 0 aliphatic heterocycles. The van der Waals surface area contributed by atoms with Gasteiger partial charge in [0.05, 0.1) is 11.1 Å². The number of alkyl halides is 3. The van der Waals surface area contributed by atoms with Gasteiger partial charge in [0, 0.05) is 5.56 Å². The van der Waals surface area contributed by atoms with E-state index in [1.807, 2.05) is 0 Å². The van der Waals surface area contributed by atoms with E-state index >= 15 is 0 Å². The van der Waals surface area contributed by atoms with E-state index in [4.69, 9.17) is 4.74 Å². The zero-order valence-corrected chi connectivity index (χ0v) is 10.8. The summed E-state index contributed by atoms with van der Waals surface area (Å²) < 4.78 is 45.4. The fourth-order valence-electron chi connectivity index (χ4n) is 1.11. The summed E-state index contributed by atoms with van der Waals surface area (Å²) in [5.41, 5.74) is 0.475. The van der Waals surface area contributed by atoms with E-state index in [1.54, 1.807) is 18.2 Å². The summed E-state index contributed by atoms with van der Waals surface area (Å²) in [5.74, 6) is 0.441. The van der Waals surface area contributed by atoms with Crippen LogP contribution >= 0.6 is 15.9 Å². The minimum Gasteiger partial charge on any atom is -0.490 e. The lowest BCUT2D eigenvalue weighted by atomic mass is 10.2. The Balaban J connectivity index is 2.33. The Morgan fingerprint density at radius 3 is 2.56 bits per heavy atom. The normalized spacial score (nSPS) is 11.3. The number of carbonyl (C=O) groups excluding carboxylic acids is 1. The molecule has 0 aromatic heterocycles. The van der Waals surface area contributed by atoms with Gasteiger partial charge in [0.15, 0.2) is 0 Å². The van der Waals surface area contributed by atoms with Crippen LogP contribution in [0.25, 0.3) is 0 Å². The number of benzene rings is 1. The third kappa shape index (κ3) is 5.50. The minimum absolute atomic E-state index is 0.00485. The highest BCUT2D eigenvalue weighted by Crippen LogP contribution is 2.25. The van der Waals surface area contributed by atoms with Crippen molar-refractivity contribution in [1.29, 1.82) is 0 Å². The summed E-state index contributed by atoms with van der Waals surface area (Å²) >= 11 is 3.18. The molecule has 0 saturated carbocycles. The first kappa shape index (κ1) is 15.0. The maximum atomic E-state index is 11.7. The van der Waals surface area contributed by atoms with Crippen LogP contribution in [0.15, 0.2) is 22.7 Å². The van der Waals surface area contributed by atoms with Crippen LogP contribution in [0.2, 0.25) is 0 Å². The van der Waals surface area contributed by atoms with Crippen molar-refractivity contribution in [3.63, 3.8) is 0 Å². The molecule has 18 heavy (non-hydrogen) atoms. The number of rotatable bonds is 6. The molecule has 0 amide bonds. The molecule has 0 aliphatic carbocycles. The Labute approximate surface area is 110 Å². The van der Waals surface area contributed by atoms with Crippen molar-refractivity contribution in [1.82, 2.24) is 0 Å². The minimum atomic E-state index is -4.33. The Kier molecular flexibility index (Phi) is 5.61. The predicted molar refractivity (Wildman–Crippen MR) is 61.9 cm³/mol. The van der Waals surface area contributed by atoms with Gasteiger partial charge in [0.1, 0.15) is 25.2 Å². The molecule has 0 bridgehead atoms. The Hall–Kier alpha value is -1.08. The molecular weight excluding hydrogens is 317 g/mol. The van der Waals surface area contributed by atoms with Gasteiger partial charge in [-0.2, -0.15) is 13.2 Å². The zero-order valence-electron chi connectivity index (χ0n) is 9.17. The molecule has 0 heterocycles. The van der Waals surface area contributed by atoms with Crippen molar-refractivity contribution in [2.24, 2.45) is 0 Å². The summed E-state index contributed by atoms with van der Waals surface area (Å²) in [7, 11) is 0. The standard InChI is InChI=1S/C11H10BrF3O3/c12-9-5-8(6-16)1-2-10(9)18-4-3-17-7-11(13,14)15/h1-2,5-6H,3-4,7H2. The van der Waals surface area contributed by atoms with Gasteiger partial charge in [-0.15, -0.1) is 0 Å². The second-order valence-electron chi connectivity index (χ2n) is 3.32. The van der Waals surface area contributed by atoms with Crippen molar-refractivity contribution >= 4 is 22.2 Å². The van der Waals surface area contributed by atoms with Crippen LogP contribution in [-0.2, 0) is 4.74 Å². The lowest BCUT2D eigenvalue weighted by Crippen LogP contribution is -2.19. The lowest BCUT2D eigenvalue weighted by molar-refractivity contribution is -0.175. The molecule has 0 spiro atoms. The maximum Gasteiger partial charge on any atom is 0.411 e. The first-order valence-electron chi connectivity index (χ1n) is 4.94. The maximum absolute atomic E-state index is 11.7. The van der Waals surface area contributed by atoms with Gasteiger partial charge in [-0.3, -0.25) is 4.79 Å². The van der Waals surface area contributed by atoms with Crippen molar-refractivity contribution in [2.45, 2.75) is 6.18 Å². The summed E-state index contributed by atoms with van der Waals surface area (Å²) in [6, 6.07) is 4.65. The fraction of sp³-hybridized carbons (Fsp3) is 0.364. The number of hydrogen-bond donors (Lipinski definition) is 0. The van der Waals surface area contributed by atoms with Gasteiger partial charge in [0.25, 0.3) is 0 Å². The molecular formula is C11H10BrF3O3. The molecule has 3 nitrogen and oxygen atoms in total. The summed E-state index contributed by atoms with van der Waals surface area (Å²) in [6.45, 7) is -1.46. The van der Waals surface area contributed by atoms with E-state index in [-0.39, 0.29) is 13.2 Å². The molecule has 100 valence electrons. The molecule has 0 unspecified atom stereocenters. The van der Waals surface area contributed by atoms with Crippen LogP contribution in [0.1, 0.15) is 10.4 Å². The average Bonchev–Trinajstić information content (AvgIpc) is 2.29. The van der Waals surface area contributed by atoms with Gasteiger partial charge in [0.2, 0.25) is 0 Å². The molecule has 1 rings (SSSR count). The van der Waals surface area contributed by atoms with Crippen LogP contribution in [0, 0.1) is 0 Å². The molecule has 0 saturated heterocycles. The Morgan fingerprint density at radius 2 is 2.00 bits per heavy atom. The third-order valence-corrected chi connectivity index (χ3v) is 2.46. The number of carbonyl (C=O) groups is 1. The molecule has 1 aromatic rings. The first-order chi connectivity index (χ1) is 8.42. The monoisotopic (exact) mass is 326 g/mol. The van der Waals surface area contributed by atoms with Gasteiger partial charge < -0.3 is 9.47 Å². The summed E-state index contributed by atoms with van der Waals surface area (Å²) in [4.78, 5) is 10.5. The highest BCUT2D eigenvalue weighted by molar-refractivity contribution is 9.10. The number of halogens is 4. The van der Waals surface area contributed by atoms with E-state index < -0.39 is 12.8 Å². The van der Waals surface area contributed by atoms with E-state index in [9.17, 15) is 18.0 Å². The zero-order chi connectivity index (χ0) is 13.6. The molecule has 0 radical (unpaired) electrons. The van der Waals surface area contributed by atoms with E-state index in [2.05, 4.69) is 20.7 Å². The number of ether oxygens (including phenoxy) is 2. The summed E-state index contributed by atoms with van der Waals surface area (Å²) in [6.07, 6.45) is -3.65. The van der Waals surface area contributed by atoms with E-state index in [1.165, 1.54) is 0 Å². The average molecular weight is 327 g/mol. The molecule has 7 heteroatoms. The van der Waals surface area contributed by atoms with Gasteiger partial charge in [-0.05, 0) is 34.1 Å². The van der Waals surface area contributed by atoms with Crippen LogP contribution in [0.5, 0.6) is 5.75 Å². The molecule has 1 aromatic carbocycles. The van der Waals surface area contributed by atoms with Gasteiger partial charge in [-0.25, -0.2) is 0 Å². The smallest absolute Gasteiger partial charge is 0.411 e. The first-order valence-corrected chi connectivity index (χ1v) is 5.74. The number of hydrogen-bond acceptors (Lipinski definition) is 3. The predicted octanol–water partition coefficient (Wildman–Crippen LogP) is 3.22. The van der Waals surface area contributed by atoms with Gasteiger partial charge >= 0.3 is 6.18 Å². The van der Waals surface area contributed by atoms with E-state index in [0.29, 0.717) is 22.1 Å². The van der Waals surface area contributed by atoms with Crippen molar-refractivity contribution in [3.8, 4) is 5.75 Å². The fourth-order valence-corrected chi connectivity index (χ4v) is 1.62. The molecule has 0 atom stereocenters. The Morgan fingerprint density at radius 1 is 1.28 bits per heavy atom. The quantitative estimate of drug-likeness (QED) is 0.594. The SMILES string of the molecule is O=Cc1ccc(OCCOCC(F)(F)F)c(Br)c1. The van der Waals surface area contributed by atoms with Crippen molar-refractivity contribution in [3.05, 3.63) is 28.2 Å². The summed E-state index contributed by atoms with van der Waals surface area (Å²) in [5, 5.41) is 0. The van der Waals surface area contributed by atoms with Crippen molar-refractivity contribution in [2.75, 3.05) is 19.8 Å². The largest absolute Gasteiger partial charge is 0.490 e. The molecule has 0 fully saturated rings. The van der Waals surface area contributed by atoms with Gasteiger partial charge in [-0.1, -0.05) is 0 Å². The van der Waals surface area contributed by atoms with Crippen molar-refractivity contribution < 1.29 is 27.4 Å². The third-order valence-electron chi connectivity index (χ3n) is 1.84. The second-order valence-corrected chi connectivity index (χ2v) is 4.18. The van der Waals surface area contributed by atoms with E-state index in [0.717, 1.165) is 0 Å². The van der Waals surface area contributed by atoms with Crippen LogP contribution < -0.4 is 4.74 Å². The second kappa shape index (κ2) is 6.75. The Bertz CT molecular complexity index is 407.